The van der Waals surface area contributed by atoms with E-state index >= 15 is 0 Å². The zero-order chi connectivity index (χ0) is 44.5. The first-order valence-corrected chi connectivity index (χ1v) is 20.3. The fraction of sp³-hybridized carbons (Fsp3) is 0.154. The molecule has 4 aromatic rings. The van der Waals surface area contributed by atoms with Gasteiger partial charge in [0.25, 0.3) is 0 Å². The third-order valence-electron chi connectivity index (χ3n) is 11.2. The molecule has 5 aliphatic rings. The van der Waals surface area contributed by atoms with Crippen molar-refractivity contribution >= 4 is 62.5 Å². The Balaban J connectivity index is 0.00000576. The lowest BCUT2D eigenvalue weighted by Gasteiger charge is -2.23. The van der Waals surface area contributed by atoms with E-state index in [-0.39, 0.29) is 17.4 Å². The first kappa shape index (κ1) is 44.0. The zero-order valence-electron chi connectivity index (χ0n) is 36.6. The number of allylic oxidation sites excluding steroid dienone is 12. The van der Waals surface area contributed by atoms with Crippen LogP contribution in [0.5, 0.6) is 46.0 Å². The van der Waals surface area contributed by atoms with Gasteiger partial charge in [0.2, 0.25) is 0 Å². The van der Waals surface area contributed by atoms with E-state index in [0.29, 0.717) is 125 Å². The highest BCUT2D eigenvalue weighted by atomic mass is 27.0. The van der Waals surface area contributed by atoms with E-state index in [2.05, 4.69) is 0 Å². The minimum atomic E-state index is 0. The molecule has 5 aliphatic heterocycles. The molecule has 0 amide bonds. The second-order valence-corrected chi connectivity index (χ2v) is 14.6. The summed E-state index contributed by atoms with van der Waals surface area (Å²) in [6.07, 6.45) is 15.6. The molecule has 0 aliphatic carbocycles. The van der Waals surface area contributed by atoms with E-state index in [1.54, 1.807) is 56.9 Å². The van der Waals surface area contributed by atoms with E-state index in [4.69, 9.17) is 57.9 Å². The molecule has 0 saturated heterocycles. The van der Waals surface area contributed by atoms with Gasteiger partial charge < -0.3 is 37.9 Å². The summed E-state index contributed by atoms with van der Waals surface area (Å²) in [6, 6.07) is 22.6. The number of fused-ring (bicyclic) bond motifs is 4. The maximum absolute atomic E-state index is 6.24. The number of aliphatic imine (C=N–C) groups is 4. The molecular formula is C52H47AlN4O8. The Bertz CT molecular complexity index is 2940. The monoisotopic (exact) mass is 882 g/mol. The van der Waals surface area contributed by atoms with Gasteiger partial charge in [0.05, 0.1) is 125 Å². The zero-order valence-corrected chi connectivity index (χ0v) is 36.6. The largest absolute Gasteiger partial charge is 0.496 e. The van der Waals surface area contributed by atoms with Crippen molar-refractivity contribution in [2.24, 2.45) is 20.0 Å². The minimum Gasteiger partial charge on any atom is -0.496 e. The van der Waals surface area contributed by atoms with Gasteiger partial charge in [0.15, 0.2) is 17.4 Å². The number of methoxy groups -OCH3 is 8. The van der Waals surface area contributed by atoms with Gasteiger partial charge in [-0.1, -0.05) is 24.3 Å². The van der Waals surface area contributed by atoms with Crippen molar-refractivity contribution in [2.45, 2.75) is 0 Å². The molecule has 0 aromatic heterocycles. The first-order valence-electron chi connectivity index (χ1n) is 20.3. The van der Waals surface area contributed by atoms with Crippen LogP contribution < -0.4 is 37.9 Å². The van der Waals surface area contributed by atoms with E-state index in [1.165, 1.54) is 0 Å². The summed E-state index contributed by atoms with van der Waals surface area (Å²) in [6.45, 7) is 0. The van der Waals surface area contributed by atoms with Gasteiger partial charge in [-0.15, -0.1) is 0 Å². The van der Waals surface area contributed by atoms with Crippen LogP contribution in [0, 0.1) is 0 Å². The maximum atomic E-state index is 6.24. The number of benzene rings is 4. The van der Waals surface area contributed by atoms with Crippen LogP contribution in [-0.2, 0) is 0 Å². The summed E-state index contributed by atoms with van der Waals surface area (Å²) in [5, 5.41) is 0. The van der Waals surface area contributed by atoms with Gasteiger partial charge >= 0.3 is 0 Å². The molecule has 5 heterocycles. The van der Waals surface area contributed by atoms with Crippen LogP contribution in [-0.4, -0.2) is 97.1 Å². The lowest BCUT2D eigenvalue weighted by molar-refractivity contribution is 0.391. The molecule has 326 valence electrons. The van der Waals surface area contributed by atoms with Crippen LogP contribution in [0.15, 0.2) is 164 Å². The topological polar surface area (TPSA) is 123 Å². The van der Waals surface area contributed by atoms with Gasteiger partial charge in [-0.3, -0.25) is 0 Å². The van der Waals surface area contributed by atoms with Crippen molar-refractivity contribution in [3.63, 3.8) is 0 Å². The maximum Gasteiger partial charge on any atom is 0.187 e. The molecule has 0 radical (unpaired) electrons. The molecule has 0 N–H and O–H groups in total. The predicted octanol–water partition coefficient (Wildman–Crippen LogP) is 8.57. The Morgan fingerprint density at radius 1 is 0.338 bits per heavy atom. The first-order chi connectivity index (χ1) is 31.4. The average Bonchev–Trinajstić information content (AvgIpc) is 4.15. The van der Waals surface area contributed by atoms with Crippen LogP contribution in [0.2, 0.25) is 0 Å². The molecule has 8 bridgehead atoms. The highest BCUT2D eigenvalue weighted by molar-refractivity contribution is 6.51. The summed E-state index contributed by atoms with van der Waals surface area (Å²) in [4.78, 5) is 21.2. The summed E-state index contributed by atoms with van der Waals surface area (Å²) >= 11 is 0. The molecular weight excluding hydrogens is 836 g/mol. The van der Waals surface area contributed by atoms with Gasteiger partial charge in [-0.2, -0.15) is 0 Å². The highest BCUT2D eigenvalue weighted by Gasteiger charge is 2.39. The summed E-state index contributed by atoms with van der Waals surface area (Å²) in [5.41, 5.74) is 9.90. The Labute approximate surface area is 388 Å². The lowest BCUT2D eigenvalue weighted by atomic mass is 9.84. The van der Waals surface area contributed by atoms with Crippen LogP contribution in [0.25, 0.3) is 22.3 Å². The molecule has 65 heavy (non-hydrogen) atoms. The van der Waals surface area contributed by atoms with Gasteiger partial charge in [0, 0.05) is 22.3 Å². The van der Waals surface area contributed by atoms with Crippen molar-refractivity contribution in [2.75, 3.05) is 56.9 Å². The molecule has 4 aromatic carbocycles. The van der Waals surface area contributed by atoms with E-state index in [9.17, 15) is 0 Å². The van der Waals surface area contributed by atoms with Gasteiger partial charge in [-0.05, 0) is 97.1 Å². The number of rotatable bonds is 12. The normalized spacial score (nSPS) is 15.8. The van der Waals surface area contributed by atoms with Crippen LogP contribution in [0.4, 0.5) is 0 Å². The molecule has 0 atom stereocenters. The Kier molecular flexibility index (Phi) is 12.6. The Morgan fingerprint density at radius 2 is 0.708 bits per heavy atom. The summed E-state index contributed by atoms with van der Waals surface area (Å²) in [7, 11) is 13.0. The SMILES string of the molecule is COc1cccc(OC)c1C1=CC2=CC3=NC(=CC4=NC(=CC5=NC(=C(c6c(OC)cccc6OC)C1=N2)C(c1c(OC)cccc1OC)=C5c1c(OC)cccc1OC)C=C4)C=C3.[AlH3]. The molecule has 0 spiro atoms. The smallest absolute Gasteiger partial charge is 0.187 e. The van der Waals surface area contributed by atoms with E-state index in [1.807, 2.05) is 121 Å². The number of hydrogen-bond acceptors (Lipinski definition) is 12. The van der Waals surface area contributed by atoms with Crippen molar-refractivity contribution in [1.82, 2.24) is 0 Å². The fourth-order valence-corrected chi connectivity index (χ4v) is 8.47. The van der Waals surface area contributed by atoms with Gasteiger partial charge in [-0.25, -0.2) is 20.0 Å². The molecule has 0 fully saturated rings. The minimum absolute atomic E-state index is 0. The number of ether oxygens (including phenoxy) is 8. The van der Waals surface area contributed by atoms with E-state index < -0.39 is 0 Å². The van der Waals surface area contributed by atoms with Crippen molar-refractivity contribution in [1.29, 1.82) is 0 Å². The number of hydrogen-bond donors (Lipinski definition) is 0. The van der Waals surface area contributed by atoms with Crippen LogP contribution in [0.1, 0.15) is 22.3 Å². The van der Waals surface area contributed by atoms with Crippen LogP contribution >= 0.6 is 0 Å². The molecule has 13 heteroatoms. The Morgan fingerprint density at radius 3 is 1.14 bits per heavy atom. The third kappa shape index (κ3) is 7.79. The standard InChI is InChI=1S/C52H44N4O8.Al.3H/c1-57-36-13-9-14-37(58-2)44(36)34-27-33-26-31-22-21-29(53-31)25-30-23-24-32(54-30)28-35-45(46-38(59-3)15-10-16-39(46)60-4)49(47-40(61-5)17-11-18-41(47)62-6)52(56-35)50(51(34)55-33)48-42(63-7)19-12-20-43(48)64-8;;;;/h9-28H,1-8H3;;;;. The molecule has 0 unspecified atom stereocenters. The third-order valence-corrected chi connectivity index (χ3v) is 11.2. The molecule has 9 rings (SSSR count). The van der Waals surface area contributed by atoms with Crippen LogP contribution in [0.3, 0.4) is 0 Å². The average molecular weight is 883 g/mol. The summed E-state index contributed by atoms with van der Waals surface area (Å²) < 4.78 is 49.4. The van der Waals surface area contributed by atoms with Crippen molar-refractivity contribution in [3.8, 4) is 46.0 Å². The second kappa shape index (κ2) is 18.6. The fourth-order valence-electron chi connectivity index (χ4n) is 8.47. The van der Waals surface area contributed by atoms with E-state index in [0.717, 1.165) is 11.4 Å². The number of nitrogens with zero attached hydrogens (tertiary/aromatic N) is 4. The summed E-state index contributed by atoms with van der Waals surface area (Å²) in [5.74, 6) is 4.23. The molecule has 0 saturated carbocycles. The molecule has 12 nitrogen and oxygen atoms in total. The quantitative estimate of drug-likeness (QED) is 0.130. The van der Waals surface area contributed by atoms with Crippen molar-refractivity contribution in [3.05, 3.63) is 166 Å². The second-order valence-electron chi connectivity index (χ2n) is 14.6. The highest BCUT2D eigenvalue weighted by Crippen LogP contribution is 2.55. The Hall–Kier alpha value is -7.59. The lowest BCUT2D eigenvalue weighted by Crippen LogP contribution is -2.11. The van der Waals surface area contributed by atoms with Gasteiger partial charge in [0.1, 0.15) is 46.0 Å². The van der Waals surface area contributed by atoms with Crippen molar-refractivity contribution < 1.29 is 37.9 Å². The predicted molar refractivity (Wildman–Crippen MR) is 262 cm³/mol.